The Hall–Kier alpha value is -1.09. The van der Waals surface area contributed by atoms with Gasteiger partial charge in [-0.3, -0.25) is 4.79 Å². The van der Waals surface area contributed by atoms with Gasteiger partial charge in [0.25, 0.3) is 5.91 Å². The number of nitrogens with one attached hydrogen (secondary N) is 1. The SMILES string of the molecule is C/C=C/CCNC(=O)c1cc2c(s1)CCCCCC2. The van der Waals surface area contributed by atoms with Crippen molar-refractivity contribution in [2.24, 2.45) is 0 Å². The Morgan fingerprint density at radius 2 is 2.11 bits per heavy atom. The number of fused-ring (bicyclic) bond motifs is 1. The standard InChI is InChI=1S/C16H23NOS/c1-2-3-8-11-17-16(18)15-12-13-9-6-4-5-7-10-14(13)19-15/h2-3,12H,4-11H2,1H3,(H,17,18)/b3-2+. The summed E-state index contributed by atoms with van der Waals surface area (Å²) in [7, 11) is 0. The summed E-state index contributed by atoms with van der Waals surface area (Å²) in [5, 5.41) is 2.99. The molecule has 104 valence electrons. The lowest BCUT2D eigenvalue weighted by Crippen LogP contribution is -2.23. The molecule has 1 aromatic rings. The van der Waals surface area contributed by atoms with Crippen LogP contribution in [0.3, 0.4) is 0 Å². The maximum Gasteiger partial charge on any atom is 0.261 e. The predicted octanol–water partition coefficient (Wildman–Crippen LogP) is 4.10. The van der Waals surface area contributed by atoms with Crippen molar-refractivity contribution in [3.63, 3.8) is 0 Å². The molecule has 1 amide bonds. The second-order valence-corrected chi connectivity index (χ2v) is 6.22. The van der Waals surface area contributed by atoms with Crippen LogP contribution in [0.15, 0.2) is 18.2 Å². The number of carbonyl (C=O) groups excluding carboxylic acids is 1. The highest BCUT2D eigenvalue weighted by molar-refractivity contribution is 7.14. The maximum atomic E-state index is 12.1. The van der Waals surface area contributed by atoms with Crippen molar-refractivity contribution in [2.45, 2.75) is 51.9 Å². The molecule has 0 spiro atoms. The molecule has 0 fully saturated rings. The zero-order chi connectivity index (χ0) is 13.5. The second kappa shape index (κ2) is 7.49. The lowest BCUT2D eigenvalue weighted by molar-refractivity contribution is 0.0958. The summed E-state index contributed by atoms with van der Waals surface area (Å²) < 4.78 is 0. The molecular weight excluding hydrogens is 254 g/mol. The van der Waals surface area contributed by atoms with E-state index in [9.17, 15) is 4.79 Å². The van der Waals surface area contributed by atoms with Gasteiger partial charge in [0.15, 0.2) is 0 Å². The van der Waals surface area contributed by atoms with Crippen molar-refractivity contribution in [2.75, 3.05) is 6.54 Å². The molecule has 1 N–H and O–H groups in total. The minimum absolute atomic E-state index is 0.0984. The zero-order valence-electron chi connectivity index (χ0n) is 11.7. The molecule has 0 bridgehead atoms. The Morgan fingerprint density at radius 1 is 1.32 bits per heavy atom. The van der Waals surface area contributed by atoms with Crippen molar-refractivity contribution in [1.29, 1.82) is 0 Å². The van der Waals surface area contributed by atoms with Gasteiger partial charge >= 0.3 is 0 Å². The summed E-state index contributed by atoms with van der Waals surface area (Å²) in [6.07, 6.45) is 12.5. The van der Waals surface area contributed by atoms with Crippen molar-refractivity contribution >= 4 is 17.2 Å². The van der Waals surface area contributed by atoms with Gasteiger partial charge in [0, 0.05) is 11.4 Å². The summed E-state index contributed by atoms with van der Waals surface area (Å²) in [5.74, 6) is 0.0984. The average molecular weight is 277 g/mol. The fourth-order valence-electron chi connectivity index (χ4n) is 2.48. The molecule has 1 aliphatic carbocycles. The fourth-order valence-corrected chi connectivity index (χ4v) is 3.65. The topological polar surface area (TPSA) is 29.1 Å². The number of carbonyl (C=O) groups is 1. The molecule has 2 rings (SSSR count). The highest BCUT2D eigenvalue weighted by Crippen LogP contribution is 2.28. The smallest absolute Gasteiger partial charge is 0.261 e. The summed E-state index contributed by atoms with van der Waals surface area (Å²) in [5.41, 5.74) is 1.42. The Morgan fingerprint density at radius 3 is 2.89 bits per heavy atom. The van der Waals surface area contributed by atoms with E-state index in [-0.39, 0.29) is 5.91 Å². The van der Waals surface area contributed by atoms with Gasteiger partial charge in [-0.25, -0.2) is 0 Å². The fraction of sp³-hybridized carbons (Fsp3) is 0.562. The van der Waals surface area contributed by atoms with Crippen LogP contribution >= 0.6 is 11.3 Å². The van der Waals surface area contributed by atoms with Crippen molar-refractivity contribution in [3.05, 3.63) is 33.5 Å². The highest BCUT2D eigenvalue weighted by Gasteiger charge is 2.15. The van der Waals surface area contributed by atoms with Gasteiger partial charge in [-0.15, -0.1) is 11.3 Å². The normalized spacial score (nSPS) is 15.8. The molecule has 3 heteroatoms. The molecule has 0 aliphatic heterocycles. The number of allylic oxidation sites excluding steroid dienone is 1. The third-order valence-electron chi connectivity index (χ3n) is 3.55. The lowest BCUT2D eigenvalue weighted by atomic mass is 10.00. The molecule has 0 saturated heterocycles. The van der Waals surface area contributed by atoms with E-state index in [2.05, 4.69) is 17.5 Å². The molecule has 0 saturated carbocycles. The summed E-state index contributed by atoms with van der Waals surface area (Å²) in [6.45, 7) is 2.73. The number of aryl methyl sites for hydroxylation is 2. The molecule has 0 atom stereocenters. The largest absolute Gasteiger partial charge is 0.351 e. The van der Waals surface area contributed by atoms with Gasteiger partial charge in [0.1, 0.15) is 0 Å². The number of rotatable bonds is 4. The molecular formula is C16H23NOS. The predicted molar refractivity (Wildman–Crippen MR) is 82.0 cm³/mol. The zero-order valence-corrected chi connectivity index (χ0v) is 12.5. The molecule has 0 unspecified atom stereocenters. The first kappa shape index (κ1) is 14.3. The molecule has 19 heavy (non-hydrogen) atoms. The van der Waals surface area contributed by atoms with Crippen molar-refractivity contribution < 1.29 is 4.79 Å². The molecule has 0 radical (unpaired) electrons. The molecule has 1 aromatic heterocycles. The van der Waals surface area contributed by atoms with Crippen LogP contribution in [0.5, 0.6) is 0 Å². The van der Waals surface area contributed by atoms with Crippen LogP contribution in [0.1, 0.15) is 59.1 Å². The van der Waals surface area contributed by atoms with Crippen LogP contribution in [0.25, 0.3) is 0 Å². The summed E-state index contributed by atoms with van der Waals surface area (Å²) in [4.78, 5) is 14.4. The van der Waals surface area contributed by atoms with Gasteiger partial charge in [-0.2, -0.15) is 0 Å². The number of amides is 1. The number of hydrogen-bond donors (Lipinski definition) is 1. The highest BCUT2D eigenvalue weighted by atomic mass is 32.1. The summed E-state index contributed by atoms with van der Waals surface area (Å²) >= 11 is 1.70. The Kier molecular flexibility index (Phi) is 5.64. The first-order chi connectivity index (χ1) is 9.31. The number of hydrogen-bond acceptors (Lipinski definition) is 2. The molecule has 0 aromatic carbocycles. The Balaban J connectivity index is 1.96. The van der Waals surface area contributed by atoms with Crippen molar-refractivity contribution in [1.82, 2.24) is 5.32 Å². The van der Waals surface area contributed by atoms with E-state index < -0.39 is 0 Å². The molecule has 1 aliphatic rings. The van der Waals surface area contributed by atoms with E-state index in [4.69, 9.17) is 0 Å². The van der Waals surface area contributed by atoms with E-state index in [0.717, 1.165) is 30.7 Å². The minimum atomic E-state index is 0.0984. The first-order valence-electron chi connectivity index (χ1n) is 7.32. The van der Waals surface area contributed by atoms with Gasteiger partial charge in [0.05, 0.1) is 4.88 Å². The first-order valence-corrected chi connectivity index (χ1v) is 8.14. The second-order valence-electron chi connectivity index (χ2n) is 5.09. The van der Waals surface area contributed by atoms with Crippen LogP contribution < -0.4 is 5.32 Å². The van der Waals surface area contributed by atoms with E-state index in [1.54, 1.807) is 11.3 Å². The maximum absolute atomic E-state index is 12.1. The van der Waals surface area contributed by atoms with E-state index >= 15 is 0 Å². The quantitative estimate of drug-likeness (QED) is 0.651. The van der Waals surface area contributed by atoms with Crippen LogP contribution in [0, 0.1) is 0 Å². The number of thiophene rings is 1. The van der Waals surface area contributed by atoms with Gasteiger partial charge in [0.2, 0.25) is 0 Å². The average Bonchev–Trinajstić information content (AvgIpc) is 2.77. The van der Waals surface area contributed by atoms with Gasteiger partial charge < -0.3 is 5.32 Å². The monoisotopic (exact) mass is 277 g/mol. The molecule has 1 heterocycles. The lowest BCUT2D eigenvalue weighted by Gasteiger charge is -2.07. The van der Waals surface area contributed by atoms with Crippen LogP contribution in [0.2, 0.25) is 0 Å². The Labute approximate surface area is 119 Å². The van der Waals surface area contributed by atoms with Crippen LogP contribution in [-0.4, -0.2) is 12.5 Å². The van der Waals surface area contributed by atoms with Crippen LogP contribution in [0.4, 0.5) is 0 Å². The third kappa shape index (κ3) is 4.20. The van der Waals surface area contributed by atoms with Gasteiger partial charge in [-0.1, -0.05) is 25.0 Å². The van der Waals surface area contributed by atoms with E-state index in [1.807, 2.05) is 13.0 Å². The van der Waals surface area contributed by atoms with Gasteiger partial charge in [-0.05, 0) is 50.7 Å². The third-order valence-corrected chi connectivity index (χ3v) is 4.79. The van der Waals surface area contributed by atoms with E-state index in [1.165, 1.54) is 36.1 Å². The Bertz CT molecular complexity index is 422. The van der Waals surface area contributed by atoms with Crippen LogP contribution in [-0.2, 0) is 12.8 Å². The minimum Gasteiger partial charge on any atom is -0.351 e. The molecule has 2 nitrogen and oxygen atoms in total. The van der Waals surface area contributed by atoms with E-state index in [0.29, 0.717) is 0 Å². The summed E-state index contributed by atoms with van der Waals surface area (Å²) in [6, 6.07) is 2.12. The van der Waals surface area contributed by atoms with Crippen molar-refractivity contribution in [3.8, 4) is 0 Å².